The van der Waals surface area contributed by atoms with Crippen molar-refractivity contribution >= 4 is 15.9 Å². The van der Waals surface area contributed by atoms with E-state index >= 15 is 0 Å². The molecule has 4 nitrogen and oxygen atoms in total. The van der Waals surface area contributed by atoms with Gasteiger partial charge in [0, 0.05) is 22.8 Å². The molecule has 1 heterocycles. The van der Waals surface area contributed by atoms with Gasteiger partial charge in [-0.1, -0.05) is 19.1 Å². The summed E-state index contributed by atoms with van der Waals surface area (Å²) in [5.41, 5.74) is 6.56. The van der Waals surface area contributed by atoms with E-state index in [0.29, 0.717) is 30.5 Å². The number of benzene rings is 1. The molecule has 2 aromatic rings. The molecule has 0 fully saturated rings. The van der Waals surface area contributed by atoms with Crippen LogP contribution >= 0.6 is 15.9 Å². The number of rotatable bonds is 6. The lowest BCUT2D eigenvalue weighted by atomic mass is 10.2. The van der Waals surface area contributed by atoms with Crippen LogP contribution in [-0.4, -0.2) is 11.6 Å². The molecule has 0 aliphatic heterocycles. The van der Waals surface area contributed by atoms with E-state index in [4.69, 9.17) is 15.2 Å². The van der Waals surface area contributed by atoms with Crippen molar-refractivity contribution < 1.29 is 9.47 Å². The molecule has 0 atom stereocenters. The normalized spacial score (nSPS) is 10.3. The number of nitrogens with two attached hydrogens (primary N) is 1. The van der Waals surface area contributed by atoms with E-state index in [2.05, 4.69) is 27.8 Å². The van der Waals surface area contributed by atoms with E-state index < -0.39 is 0 Å². The molecule has 0 spiro atoms. The highest BCUT2D eigenvalue weighted by molar-refractivity contribution is 9.10. The van der Waals surface area contributed by atoms with Gasteiger partial charge in [-0.2, -0.15) is 0 Å². The van der Waals surface area contributed by atoms with Crippen molar-refractivity contribution in [1.29, 1.82) is 0 Å². The lowest BCUT2D eigenvalue weighted by Gasteiger charge is -2.13. The minimum Gasteiger partial charge on any atom is -0.490 e. The summed E-state index contributed by atoms with van der Waals surface area (Å²) < 4.78 is 12.4. The van der Waals surface area contributed by atoms with E-state index in [0.717, 1.165) is 16.5 Å². The quantitative estimate of drug-likeness (QED) is 0.869. The lowest BCUT2D eigenvalue weighted by molar-refractivity contribution is 0.300. The molecule has 20 heavy (non-hydrogen) atoms. The van der Waals surface area contributed by atoms with Gasteiger partial charge in [0.1, 0.15) is 0 Å². The molecule has 0 amide bonds. The van der Waals surface area contributed by atoms with E-state index in [1.165, 1.54) is 0 Å². The summed E-state index contributed by atoms with van der Waals surface area (Å²) in [6, 6.07) is 9.45. The fourth-order valence-corrected chi connectivity index (χ4v) is 2.06. The molecule has 5 heteroatoms. The van der Waals surface area contributed by atoms with Crippen LogP contribution in [0.1, 0.15) is 18.9 Å². The van der Waals surface area contributed by atoms with Gasteiger partial charge in [-0.25, -0.2) is 4.98 Å². The van der Waals surface area contributed by atoms with Crippen molar-refractivity contribution in [2.45, 2.75) is 19.9 Å². The van der Waals surface area contributed by atoms with Crippen molar-refractivity contribution in [2.75, 3.05) is 6.61 Å². The number of hydrogen-bond donors (Lipinski definition) is 1. The van der Waals surface area contributed by atoms with Crippen molar-refractivity contribution in [3.8, 4) is 17.4 Å². The Morgan fingerprint density at radius 2 is 2.00 bits per heavy atom. The van der Waals surface area contributed by atoms with Crippen LogP contribution in [0, 0.1) is 0 Å². The third kappa shape index (κ3) is 3.71. The number of aromatic nitrogens is 1. The molecule has 0 unspecified atom stereocenters. The van der Waals surface area contributed by atoms with Crippen LogP contribution in [0.15, 0.2) is 41.0 Å². The summed E-state index contributed by atoms with van der Waals surface area (Å²) in [7, 11) is 0. The Balaban J connectivity index is 2.25. The van der Waals surface area contributed by atoms with E-state index in [1.807, 2.05) is 30.3 Å². The van der Waals surface area contributed by atoms with Gasteiger partial charge in [0.15, 0.2) is 11.5 Å². The van der Waals surface area contributed by atoms with Crippen LogP contribution in [0.2, 0.25) is 0 Å². The molecule has 2 N–H and O–H groups in total. The second-order valence-electron chi connectivity index (χ2n) is 4.22. The average Bonchev–Trinajstić information content (AvgIpc) is 2.48. The van der Waals surface area contributed by atoms with Gasteiger partial charge in [-0.05, 0) is 40.5 Å². The standard InChI is InChI=1S/C15H17BrN2O2/c1-2-7-19-13-5-3-4-6-14(13)20-15-11(9-17)8-12(16)10-18-15/h3-6,8,10H,2,7,9,17H2,1H3. The number of ether oxygens (including phenoxy) is 2. The molecule has 0 saturated heterocycles. The van der Waals surface area contributed by atoms with Crippen LogP contribution < -0.4 is 15.2 Å². The Morgan fingerprint density at radius 1 is 1.25 bits per heavy atom. The molecular formula is C15H17BrN2O2. The number of hydrogen-bond acceptors (Lipinski definition) is 4. The molecule has 0 aliphatic rings. The molecule has 0 radical (unpaired) electrons. The predicted molar refractivity (Wildman–Crippen MR) is 82.1 cm³/mol. The third-order valence-electron chi connectivity index (χ3n) is 2.63. The monoisotopic (exact) mass is 336 g/mol. The molecule has 0 aliphatic carbocycles. The van der Waals surface area contributed by atoms with E-state index in [9.17, 15) is 0 Å². The lowest BCUT2D eigenvalue weighted by Crippen LogP contribution is -2.02. The molecule has 0 saturated carbocycles. The van der Waals surface area contributed by atoms with Gasteiger partial charge < -0.3 is 15.2 Å². The zero-order valence-corrected chi connectivity index (χ0v) is 12.9. The van der Waals surface area contributed by atoms with Gasteiger partial charge in [-0.15, -0.1) is 0 Å². The zero-order chi connectivity index (χ0) is 14.4. The molecule has 0 bridgehead atoms. The predicted octanol–water partition coefficient (Wildman–Crippen LogP) is 3.88. The average molecular weight is 337 g/mol. The Bertz CT molecular complexity index is 576. The minimum atomic E-state index is 0.361. The van der Waals surface area contributed by atoms with Gasteiger partial charge in [0.05, 0.1) is 6.61 Å². The molecule has 1 aromatic heterocycles. The van der Waals surface area contributed by atoms with Crippen LogP contribution in [0.3, 0.4) is 0 Å². The zero-order valence-electron chi connectivity index (χ0n) is 11.3. The second kappa shape index (κ2) is 7.26. The molecule has 106 valence electrons. The topological polar surface area (TPSA) is 57.4 Å². The van der Waals surface area contributed by atoms with Crippen LogP contribution in [0.5, 0.6) is 17.4 Å². The summed E-state index contributed by atoms with van der Waals surface area (Å²) in [5, 5.41) is 0. The SMILES string of the molecule is CCCOc1ccccc1Oc1ncc(Br)cc1CN. The summed E-state index contributed by atoms with van der Waals surface area (Å²) in [6.07, 6.45) is 2.63. The first-order valence-electron chi connectivity index (χ1n) is 6.48. The van der Waals surface area contributed by atoms with E-state index in [1.54, 1.807) is 6.20 Å². The first-order valence-corrected chi connectivity index (χ1v) is 7.28. The largest absolute Gasteiger partial charge is 0.490 e. The molecule has 2 rings (SSSR count). The maximum absolute atomic E-state index is 5.85. The van der Waals surface area contributed by atoms with Crippen molar-refractivity contribution in [3.05, 3.63) is 46.6 Å². The first kappa shape index (κ1) is 14.8. The summed E-state index contributed by atoms with van der Waals surface area (Å²) >= 11 is 3.37. The fourth-order valence-electron chi connectivity index (χ4n) is 1.68. The highest BCUT2D eigenvalue weighted by Crippen LogP contribution is 2.32. The molecule has 1 aromatic carbocycles. The maximum Gasteiger partial charge on any atom is 0.223 e. The van der Waals surface area contributed by atoms with Crippen molar-refractivity contribution in [3.63, 3.8) is 0 Å². The van der Waals surface area contributed by atoms with Gasteiger partial charge in [-0.3, -0.25) is 0 Å². The van der Waals surface area contributed by atoms with Gasteiger partial charge in [0.25, 0.3) is 0 Å². The number of halogens is 1. The first-order chi connectivity index (χ1) is 9.74. The number of nitrogens with zero attached hydrogens (tertiary/aromatic N) is 1. The third-order valence-corrected chi connectivity index (χ3v) is 3.06. The van der Waals surface area contributed by atoms with E-state index in [-0.39, 0.29) is 0 Å². The highest BCUT2D eigenvalue weighted by atomic mass is 79.9. The smallest absolute Gasteiger partial charge is 0.223 e. The maximum atomic E-state index is 5.85. The number of pyridine rings is 1. The highest BCUT2D eigenvalue weighted by Gasteiger charge is 2.10. The second-order valence-corrected chi connectivity index (χ2v) is 5.13. The summed E-state index contributed by atoms with van der Waals surface area (Å²) in [5.74, 6) is 1.86. The summed E-state index contributed by atoms with van der Waals surface area (Å²) in [4.78, 5) is 4.26. The Kier molecular flexibility index (Phi) is 5.38. The fraction of sp³-hybridized carbons (Fsp3) is 0.267. The Morgan fingerprint density at radius 3 is 2.70 bits per heavy atom. The van der Waals surface area contributed by atoms with Gasteiger partial charge >= 0.3 is 0 Å². The van der Waals surface area contributed by atoms with Crippen molar-refractivity contribution in [2.24, 2.45) is 5.73 Å². The molecular weight excluding hydrogens is 320 g/mol. The van der Waals surface area contributed by atoms with Crippen molar-refractivity contribution in [1.82, 2.24) is 4.98 Å². The van der Waals surface area contributed by atoms with Crippen LogP contribution in [-0.2, 0) is 6.54 Å². The Hall–Kier alpha value is -1.59. The Labute approximate surface area is 127 Å². The summed E-state index contributed by atoms with van der Waals surface area (Å²) in [6.45, 7) is 3.07. The van der Waals surface area contributed by atoms with Gasteiger partial charge in [0.2, 0.25) is 5.88 Å². The van der Waals surface area contributed by atoms with Crippen LogP contribution in [0.25, 0.3) is 0 Å². The minimum absolute atomic E-state index is 0.361. The number of para-hydroxylation sites is 2. The van der Waals surface area contributed by atoms with Crippen LogP contribution in [0.4, 0.5) is 0 Å².